The minimum atomic E-state index is -0.360. The van der Waals surface area contributed by atoms with E-state index in [1.807, 2.05) is 66.4 Å². The molecule has 0 bridgehead atoms. The van der Waals surface area contributed by atoms with Gasteiger partial charge in [0.25, 0.3) is 5.91 Å². The summed E-state index contributed by atoms with van der Waals surface area (Å²) in [6.07, 6.45) is 1.96. The second-order valence-corrected chi connectivity index (χ2v) is 7.47. The molecule has 140 valence electrons. The number of likely N-dealkylation sites (tertiary alicyclic amines) is 1. The third kappa shape index (κ3) is 3.76. The summed E-state index contributed by atoms with van der Waals surface area (Å²) >= 11 is 0. The van der Waals surface area contributed by atoms with Gasteiger partial charge in [-0.1, -0.05) is 42.5 Å². The van der Waals surface area contributed by atoms with Crippen LogP contribution >= 0.6 is 0 Å². The van der Waals surface area contributed by atoms with Crippen molar-refractivity contribution in [1.82, 2.24) is 4.90 Å². The molecule has 0 saturated carbocycles. The maximum absolute atomic E-state index is 13.0. The number of amides is 1. The normalized spacial score (nSPS) is 16.6. The number of para-hydroxylation sites is 1. The Labute approximate surface area is 159 Å². The van der Waals surface area contributed by atoms with Gasteiger partial charge in [0.1, 0.15) is 11.3 Å². The summed E-state index contributed by atoms with van der Waals surface area (Å²) in [5, 5.41) is 11.6. The molecule has 1 amide bonds. The zero-order valence-corrected chi connectivity index (χ0v) is 15.6. The fraction of sp³-hybridized carbons (Fsp3) is 0.348. The SMILES string of the molecule is Cc1cc2cccc(C(=O)N3CCC([C@H](O)Cc4ccccc4)CC3)c2o1. The topological polar surface area (TPSA) is 53.7 Å². The maximum Gasteiger partial charge on any atom is 0.257 e. The number of piperidine rings is 1. The third-order valence-electron chi connectivity index (χ3n) is 5.56. The van der Waals surface area contributed by atoms with Crippen molar-refractivity contribution in [2.24, 2.45) is 5.92 Å². The van der Waals surface area contributed by atoms with E-state index in [1.54, 1.807) is 0 Å². The summed E-state index contributed by atoms with van der Waals surface area (Å²) in [6, 6.07) is 17.8. The van der Waals surface area contributed by atoms with Crippen LogP contribution in [0.3, 0.4) is 0 Å². The first kappa shape index (κ1) is 17.8. The van der Waals surface area contributed by atoms with Gasteiger partial charge in [0.05, 0.1) is 11.7 Å². The van der Waals surface area contributed by atoms with Crippen molar-refractivity contribution in [3.8, 4) is 0 Å². The average molecular weight is 363 g/mol. The Balaban J connectivity index is 1.40. The van der Waals surface area contributed by atoms with Crippen molar-refractivity contribution >= 4 is 16.9 Å². The van der Waals surface area contributed by atoms with Gasteiger partial charge in [0.2, 0.25) is 0 Å². The van der Waals surface area contributed by atoms with Crippen LogP contribution in [-0.4, -0.2) is 35.1 Å². The number of benzene rings is 2. The summed E-state index contributed by atoms with van der Waals surface area (Å²) in [5.41, 5.74) is 2.46. The largest absolute Gasteiger partial charge is 0.461 e. The Bertz CT molecular complexity index is 923. The summed E-state index contributed by atoms with van der Waals surface area (Å²) in [4.78, 5) is 14.9. The second kappa shape index (κ2) is 7.57. The van der Waals surface area contributed by atoms with Crippen LogP contribution < -0.4 is 0 Å². The highest BCUT2D eigenvalue weighted by atomic mass is 16.3. The Morgan fingerprint density at radius 3 is 2.63 bits per heavy atom. The number of carbonyl (C=O) groups is 1. The summed E-state index contributed by atoms with van der Waals surface area (Å²) < 4.78 is 5.75. The molecule has 4 heteroatoms. The van der Waals surface area contributed by atoms with Gasteiger partial charge in [-0.25, -0.2) is 0 Å². The van der Waals surface area contributed by atoms with E-state index in [0.717, 1.165) is 29.6 Å². The summed E-state index contributed by atoms with van der Waals surface area (Å²) in [7, 11) is 0. The van der Waals surface area contributed by atoms with Crippen LogP contribution in [0.15, 0.2) is 59.0 Å². The molecule has 0 spiro atoms. The van der Waals surface area contributed by atoms with Crippen LogP contribution in [0.2, 0.25) is 0 Å². The van der Waals surface area contributed by atoms with Gasteiger partial charge in [-0.15, -0.1) is 0 Å². The van der Waals surface area contributed by atoms with Crippen LogP contribution in [0.5, 0.6) is 0 Å². The lowest BCUT2D eigenvalue weighted by atomic mass is 9.87. The van der Waals surface area contributed by atoms with Crippen LogP contribution in [0, 0.1) is 12.8 Å². The number of furan rings is 1. The number of nitrogens with zero attached hydrogens (tertiary/aromatic N) is 1. The molecule has 0 unspecified atom stereocenters. The first-order valence-corrected chi connectivity index (χ1v) is 9.62. The number of hydrogen-bond acceptors (Lipinski definition) is 3. The molecular weight excluding hydrogens is 338 g/mol. The molecule has 1 aliphatic heterocycles. The lowest BCUT2D eigenvalue weighted by molar-refractivity contribution is 0.0468. The van der Waals surface area contributed by atoms with Crippen LogP contribution in [0.25, 0.3) is 11.0 Å². The number of rotatable bonds is 4. The number of fused-ring (bicyclic) bond motifs is 1. The first-order chi connectivity index (χ1) is 13.1. The molecule has 2 heterocycles. The predicted octanol–water partition coefficient (Wildman–Crippen LogP) is 4.20. The number of aliphatic hydroxyl groups is 1. The van der Waals surface area contributed by atoms with Crippen molar-refractivity contribution in [1.29, 1.82) is 0 Å². The van der Waals surface area contributed by atoms with Crippen LogP contribution in [-0.2, 0) is 6.42 Å². The molecule has 4 rings (SSSR count). The zero-order valence-electron chi connectivity index (χ0n) is 15.6. The lowest BCUT2D eigenvalue weighted by Crippen LogP contribution is -2.41. The van der Waals surface area contributed by atoms with Gasteiger partial charge in [0, 0.05) is 18.5 Å². The molecule has 27 heavy (non-hydrogen) atoms. The molecular formula is C23H25NO3. The molecule has 1 saturated heterocycles. The molecule has 1 aromatic heterocycles. The minimum Gasteiger partial charge on any atom is -0.461 e. The molecule has 0 aliphatic carbocycles. The average Bonchev–Trinajstić information content (AvgIpc) is 3.08. The van der Waals surface area contributed by atoms with Gasteiger partial charge in [-0.05, 0) is 49.8 Å². The Kier molecular flexibility index (Phi) is 4.99. The fourth-order valence-corrected chi connectivity index (χ4v) is 4.04. The molecule has 1 fully saturated rings. The van der Waals surface area contributed by atoms with Crippen LogP contribution in [0.4, 0.5) is 0 Å². The second-order valence-electron chi connectivity index (χ2n) is 7.47. The zero-order chi connectivity index (χ0) is 18.8. The number of aliphatic hydroxyl groups excluding tert-OH is 1. The highest BCUT2D eigenvalue weighted by Gasteiger charge is 2.29. The highest BCUT2D eigenvalue weighted by molar-refractivity contribution is 6.05. The predicted molar refractivity (Wildman–Crippen MR) is 106 cm³/mol. The van der Waals surface area contributed by atoms with Gasteiger partial charge < -0.3 is 14.4 Å². The van der Waals surface area contributed by atoms with Crippen molar-refractivity contribution < 1.29 is 14.3 Å². The van der Waals surface area contributed by atoms with Crippen molar-refractivity contribution in [3.05, 3.63) is 71.5 Å². The van der Waals surface area contributed by atoms with Crippen molar-refractivity contribution in [2.45, 2.75) is 32.3 Å². The van der Waals surface area contributed by atoms with Gasteiger partial charge in [-0.2, -0.15) is 0 Å². The van der Waals surface area contributed by atoms with E-state index in [4.69, 9.17) is 4.42 Å². The molecule has 0 radical (unpaired) electrons. The van der Waals surface area contributed by atoms with Gasteiger partial charge in [-0.3, -0.25) is 4.79 Å². The first-order valence-electron chi connectivity index (χ1n) is 9.62. The number of carbonyl (C=O) groups excluding carboxylic acids is 1. The molecule has 1 atom stereocenters. The molecule has 1 aliphatic rings. The van der Waals surface area contributed by atoms with Gasteiger partial charge >= 0.3 is 0 Å². The quantitative estimate of drug-likeness (QED) is 0.756. The van der Waals surface area contributed by atoms with Gasteiger partial charge in [0.15, 0.2) is 0 Å². The highest BCUT2D eigenvalue weighted by Crippen LogP contribution is 2.27. The smallest absolute Gasteiger partial charge is 0.257 e. The van der Waals surface area contributed by atoms with Crippen molar-refractivity contribution in [2.75, 3.05) is 13.1 Å². The summed E-state index contributed by atoms with van der Waals surface area (Å²) in [6.45, 7) is 3.24. The van der Waals surface area contributed by atoms with E-state index in [9.17, 15) is 9.90 Å². The standard InChI is InChI=1S/C23H25NO3/c1-16-14-19-8-5-9-20(22(19)27-16)23(26)24-12-10-18(11-13-24)21(25)15-17-6-3-2-4-7-17/h2-9,14,18,21,25H,10-13,15H2,1H3/t21-/m1/s1. The molecule has 4 nitrogen and oxygen atoms in total. The molecule has 2 aromatic carbocycles. The minimum absolute atomic E-state index is 0.0194. The number of aryl methyl sites for hydroxylation is 1. The van der Waals surface area contributed by atoms with E-state index in [2.05, 4.69) is 0 Å². The third-order valence-corrected chi connectivity index (χ3v) is 5.56. The Morgan fingerprint density at radius 1 is 1.15 bits per heavy atom. The van der Waals surface area contributed by atoms with Crippen molar-refractivity contribution in [3.63, 3.8) is 0 Å². The lowest BCUT2D eigenvalue weighted by Gasteiger charge is -2.34. The van der Waals surface area contributed by atoms with E-state index >= 15 is 0 Å². The molecule has 3 aromatic rings. The van der Waals surface area contributed by atoms with E-state index in [0.29, 0.717) is 30.7 Å². The fourth-order valence-electron chi connectivity index (χ4n) is 4.04. The van der Waals surface area contributed by atoms with Crippen LogP contribution in [0.1, 0.15) is 34.5 Å². The van der Waals surface area contributed by atoms with E-state index in [1.165, 1.54) is 0 Å². The van der Waals surface area contributed by atoms with E-state index < -0.39 is 0 Å². The van der Waals surface area contributed by atoms with E-state index in [-0.39, 0.29) is 17.9 Å². The Morgan fingerprint density at radius 2 is 1.89 bits per heavy atom. The summed E-state index contributed by atoms with van der Waals surface area (Å²) in [5.74, 6) is 1.06. The number of hydrogen-bond donors (Lipinski definition) is 1. The monoisotopic (exact) mass is 363 g/mol. The molecule has 1 N–H and O–H groups in total. The maximum atomic E-state index is 13.0. The Hall–Kier alpha value is -2.59.